The zero-order valence-corrected chi connectivity index (χ0v) is 15.1. The summed E-state index contributed by atoms with van der Waals surface area (Å²) in [5, 5.41) is 6.89. The SMILES string of the molecule is CCC(C)(C)NC(=O)C(C)Nc1ccc(Br)c(Cl)c1Cl. The van der Waals surface area contributed by atoms with E-state index in [2.05, 4.69) is 26.6 Å². The van der Waals surface area contributed by atoms with Crippen molar-refractivity contribution >= 4 is 50.7 Å². The maximum atomic E-state index is 12.1. The van der Waals surface area contributed by atoms with Crippen LogP contribution in [0.5, 0.6) is 0 Å². The fourth-order valence-corrected chi connectivity index (χ4v) is 2.30. The average molecular weight is 382 g/mol. The molecule has 0 aromatic heterocycles. The first-order valence-electron chi connectivity index (χ1n) is 6.40. The van der Waals surface area contributed by atoms with Gasteiger partial charge in [-0.2, -0.15) is 0 Å². The van der Waals surface area contributed by atoms with E-state index in [1.807, 2.05) is 20.8 Å². The minimum atomic E-state index is -0.407. The number of rotatable bonds is 5. The molecule has 0 heterocycles. The van der Waals surface area contributed by atoms with Crippen LogP contribution in [-0.4, -0.2) is 17.5 Å². The summed E-state index contributed by atoms with van der Waals surface area (Å²) in [4.78, 5) is 12.1. The van der Waals surface area contributed by atoms with Crippen LogP contribution in [0.3, 0.4) is 0 Å². The van der Waals surface area contributed by atoms with Gasteiger partial charge in [-0.3, -0.25) is 4.79 Å². The standard InChI is InChI=1S/C14H19BrCl2N2O/c1-5-14(3,4)19-13(20)8(2)18-10-7-6-9(15)11(16)12(10)17/h6-8,18H,5H2,1-4H3,(H,19,20). The van der Waals surface area contributed by atoms with Crippen LogP contribution < -0.4 is 10.6 Å². The molecule has 0 saturated heterocycles. The Hall–Kier alpha value is -0.450. The first-order chi connectivity index (χ1) is 9.18. The number of hydrogen-bond acceptors (Lipinski definition) is 2. The zero-order valence-electron chi connectivity index (χ0n) is 12.0. The fraction of sp³-hybridized carbons (Fsp3) is 0.500. The highest BCUT2D eigenvalue weighted by Gasteiger charge is 2.22. The highest BCUT2D eigenvalue weighted by molar-refractivity contribution is 9.10. The Bertz CT molecular complexity index is 506. The van der Waals surface area contributed by atoms with E-state index < -0.39 is 6.04 Å². The number of hydrogen-bond donors (Lipinski definition) is 2. The van der Waals surface area contributed by atoms with Crippen LogP contribution in [-0.2, 0) is 4.79 Å². The van der Waals surface area contributed by atoms with Gasteiger partial charge < -0.3 is 10.6 Å². The van der Waals surface area contributed by atoms with Crippen LogP contribution in [0.1, 0.15) is 34.1 Å². The van der Waals surface area contributed by atoms with Crippen molar-refractivity contribution < 1.29 is 4.79 Å². The second kappa shape index (κ2) is 7.01. The molecule has 3 nitrogen and oxygen atoms in total. The molecule has 0 bridgehead atoms. The summed E-state index contributed by atoms with van der Waals surface area (Å²) < 4.78 is 0.721. The lowest BCUT2D eigenvalue weighted by atomic mass is 10.0. The number of nitrogens with one attached hydrogen (secondary N) is 2. The van der Waals surface area contributed by atoms with E-state index in [1.165, 1.54) is 0 Å². The summed E-state index contributed by atoms with van der Waals surface area (Å²) in [5.74, 6) is -0.0769. The Morgan fingerprint density at radius 3 is 2.50 bits per heavy atom. The molecule has 0 aliphatic carbocycles. The number of amides is 1. The van der Waals surface area contributed by atoms with Gasteiger partial charge in [-0.15, -0.1) is 0 Å². The molecule has 1 unspecified atom stereocenters. The van der Waals surface area contributed by atoms with Crippen molar-refractivity contribution in [3.8, 4) is 0 Å². The number of carbonyl (C=O) groups excluding carboxylic acids is 1. The molecular weight excluding hydrogens is 363 g/mol. The van der Waals surface area contributed by atoms with Crippen LogP contribution in [0.4, 0.5) is 5.69 Å². The van der Waals surface area contributed by atoms with E-state index >= 15 is 0 Å². The summed E-state index contributed by atoms with van der Waals surface area (Å²) in [6, 6.07) is 3.17. The summed E-state index contributed by atoms with van der Waals surface area (Å²) in [6.45, 7) is 7.79. The Morgan fingerprint density at radius 1 is 1.35 bits per heavy atom. The quantitative estimate of drug-likeness (QED) is 0.715. The largest absolute Gasteiger partial charge is 0.373 e. The third kappa shape index (κ3) is 4.54. The molecule has 6 heteroatoms. The van der Waals surface area contributed by atoms with Crippen LogP contribution >= 0.6 is 39.1 Å². The van der Waals surface area contributed by atoms with Gasteiger partial charge in [-0.1, -0.05) is 30.1 Å². The third-order valence-electron chi connectivity index (χ3n) is 3.15. The minimum absolute atomic E-state index is 0.0769. The molecule has 0 spiro atoms. The Morgan fingerprint density at radius 2 is 1.95 bits per heavy atom. The van der Waals surface area contributed by atoms with Crippen molar-refractivity contribution in [1.82, 2.24) is 5.32 Å². The normalized spacial score (nSPS) is 12.9. The molecule has 1 rings (SSSR count). The highest BCUT2D eigenvalue weighted by Crippen LogP contribution is 2.36. The Kier molecular flexibility index (Phi) is 6.17. The van der Waals surface area contributed by atoms with E-state index in [0.29, 0.717) is 15.7 Å². The molecule has 112 valence electrons. The zero-order chi connectivity index (χ0) is 15.5. The van der Waals surface area contributed by atoms with E-state index in [9.17, 15) is 4.79 Å². The smallest absolute Gasteiger partial charge is 0.242 e. The number of benzene rings is 1. The van der Waals surface area contributed by atoms with Gasteiger partial charge in [0.1, 0.15) is 6.04 Å². The van der Waals surface area contributed by atoms with Gasteiger partial charge >= 0.3 is 0 Å². The van der Waals surface area contributed by atoms with Gasteiger partial charge in [-0.05, 0) is 55.3 Å². The lowest BCUT2D eigenvalue weighted by Crippen LogP contribution is -2.48. The second-order valence-electron chi connectivity index (χ2n) is 5.32. The van der Waals surface area contributed by atoms with E-state index in [0.717, 1.165) is 10.9 Å². The van der Waals surface area contributed by atoms with Crippen molar-refractivity contribution in [3.63, 3.8) is 0 Å². The first kappa shape index (κ1) is 17.6. The molecular formula is C14H19BrCl2N2O. The lowest BCUT2D eigenvalue weighted by molar-refractivity contribution is -0.123. The second-order valence-corrected chi connectivity index (χ2v) is 6.93. The molecule has 0 saturated carbocycles. The molecule has 1 amide bonds. The summed E-state index contributed by atoms with van der Waals surface area (Å²) in [7, 11) is 0. The summed E-state index contributed by atoms with van der Waals surface area (Å²) >= 11 is 15.5. The van der Waals surface area contributed by atoms with Gasteiger partial charge in [0.15, 0.2) is 0 Å². The average Bonchev–Trinajstić information content (AvgIpc) is 2.39. The van der Waals surface area contributed by atoms with E-state index in [4.69, 9.17) is 23.2 Å². The Balaban J connectivity index is 2.79. The van der Waals surface area contributed by atoms with Gasteiger partial charge in [0.2, 0.25) is 5.91 Å². The maximum Gasteiger partial charge on any atom is 0.242 e. The van der Waals surface area contributed by atoms with Gasteiger partial charge in [-0.25, -0.2) is 0 Å². The van der Waals surface area contributed by atoms with Crippen molar-refractivity contribution in [2.75, 3.05) is 5.32 Å². The van der Waals surface area contributed by atoms with Crippen molar-refractivity contribution in [1.29, 1.82) is 0 Å². The molecule has 0 radical (unpaired) electrons. The predicted molar refractivity (Wildman–Crippen MR) is 89.8 cm³/mol. The van der Waals surface area contributed by atoms with Crippen molar-refractivity contribution in [2.45, 2.75) is 45.7 Å². The van der Waals surface area contributed by atoms with E-state index in [-0.39, 0.29) is 11.4 Å². The van der Waals surface area contributed by atoms with Gasteiger partial charge in [0, 0.05) is 10.0 Å². The summed E-state index contributed by atoms with van der Waals surface area (Å²) in [5.41, 5.74) is 0.408. The van der Waals surface area contributed by atoms with Crippen LogP contribution in [0.25, 0.3) is 0 Å². The number of halogens is 3. The molecule has 1 aromatic carbocycles. The minimum Gasteiger partial charge on any atom is -0.373 e. The maximum absolute atomic E-state index is 12.1. The van der Waals surface area contributed by atoms with Gasteiger partial charge in [0.25, 0.3) is 0 Å². The molecule has 0 aliphatic heterocycles. The third-order valence-corrected chi connectivity index (χ3v) is 4.92. The van der Waals surface area contributed by atoms with Crippen molar-refractivity contribution in [2.24, 2.45) is 0 Å². The predicted octanol–water partition coefficient (Wildman–Crippen LogP) is 4.86. The molecule has 0 aliphatic rings. The topological polar surface area (TPSA) is 41.1 Å². The molecule has 0 fully saturated rings. The Labute approximate surface area is 138 Å². The van der Waals surface area contributed by atoms with Crippen LogP contribution in [0.2, 0.25) is 10.0 Å². The van der Waals surface area contributed by atoms with Crippen molar-refractivity contribution in [3.05, 3.63) is 26.7 Å². The van der Waals surface area contributed by atoms with Crippen LogP contribution in [0.15, 0.2) is 16.6 Å². The molecule has 1 aromatic rings. The fourth-order valence-electron chi connectivity index (χ4n) is 1.47. The van der Waals surface area contributed by atoms with E-state index in [1.54, 1.807) is 19.1 Å². The monoisotopic (exact) mass is 380 g/mol. The first-order valence-corrected chi connectivity index (χ1v) is 7.95. The number of carbonyl (C=O) groups is 1. The number of anilines is 1. The molecule has 1 atom stereocenters. The lowest BCUT2D eigenvalue weighted by Gasteiger charge is -2.27. The molecule has 2 N–H and O–H groups in total. The van der Waals surface area contributed by atoms with Crippen LogP contribution in [0, 0.1) is 0 Å². The van der Waals surface area contributed by atoms with Gasteiger partial charge in [0.05, 0.1) is 15.7 Å². The summed E-state index contributed by atoms with van der Waals surface area (Å²) in [6.07, 6.45) is 0.857. The highest BCUT2D eigenvalue weighted by atomic mass is 79.9. The molecule has 20 heavy (non-hydrogen) atoms.